The summed E-state index contributed by atoms with van der Waals surface area (Å²) in [6, 6.07) is 2.57. The quantitative estimate of drug-likeness (QED) is 0.593. The summed E-state index contributed by atoms with van der Waals surface area (Å²) in [5.41, 5.74) is 0. The van der Waals surface area contributed by atoms with Gasteiger partial charge in [-0.15, -0.1) is 0 Å². The van der Waals surface area contributed by atoms with Gasteiger partial charge < -0.3 is 4.90 Å². The molecule has 0 radical (unpaired) electrons. The van der Waals surface area contributed by atoms with Crippen molar-refractivity contribution < 1.29 is 4.79 Å². The minimum atomic E-state index is -0.907. The monoisotopic (exact) mass is 199 g/mol. The topological polar surface area (TPSA) is 20.3 Å². The van der Waals surface area contributed by atoms with Crippen LogP contribution in [0.15, 0.2) is 0 Å². The van der Waals surface area contributed by atoms with E-state index in [1.54, 1.807) is 0 Å². The molecule has 76 valence electrons. The maximum absolute atomic E-state index is 11.7. The predicted octanol–water partition coefficient (Wildman–Crippen LogP) is 2.19. The molecule has 3 heteroatoms. The molecule has 1 amide bonds. The molecule has 0 aromatic carbocycles. The number of rotatable bonds is 1. The zero-order chi connectivity index (χ0) is 10.1. The Morgan fingerprint density at radius 2 is 1.69 bits per heavy atom. The molecule has 0 aliphatic carbocycles. The van der Waals surface area contributed by atoms with E-state index in [1.165, 1.54) is 12.1 Å². The average Bonchev–Trinajstić information content (AvgIpc) is 2.03. The van der Waals surface area contributed by atoms with Gasteiger partial charge in [0.2, 0.25) is 5.91 Å². The highest BCUT2D eigenvalue weighted by Crippen LogP contribution is 2.22. The predicted molar refractivity (Wildman–Crippen MR) is 58.5 cm³/mol. The fraction of sp³-hybridized carbons (Fsp3) is 0.900. The third-order valence-electron chi connectivity index (χ3n) is 2.92. The minimum absolute atomic E-state index is 0.169. The van der Waals surface area contributed by atoms with Crippen LogP contribution in [0.25, 0.3) is 0 Å². The average molecular weight is 199 g/mol. The molecule has 1 aliphatic rings. The van der Waals surface area contributed by atoms with Crippen LogP contribution in [-0.2, 0) is 4.79 Å². The summed E-state index contributed by atoms with van der Waals surface area (Å²) in [5.74, 6) is 0.507. The third-order valence-corrected chi connectivity index (χ3v) is 6.08. The van der Waals surface area contributed by atoms with Crippen molar-refractivity contribution >= 4 is 14.0 Å². The van der Waals surface area contributed by atoms with Gasteiger partial charge in [-0.2, -0.15) is 0 Å². The van der Waals surface area contributed by atoms with Crippen molar-refractivity contribution in [2.24, 2.45) is 5.92 Å². The zero-order valence-corrected chi connectivity index (χ0v) is 10.3. The van der Waals surface area contributed by atoms with Crippen molar-refractivity contribution in [1.29, 1.82) is 0 Å². The Hall–Kier alpha value is -0.313. The van der Waals surface area contributed by atoms with E-state index in [4.69, 9.17) is 0 Å². The first-order valence-electron chi connectivity index (χ1n) is 5.21. The van der Waals surface area contributed by atoms with E-state index in [0.717, 1.165) is 13.1 Å². The van der Waals surface area contributed by atoms with Gasteiger partial charge in [-0.05, 0) is 12.1 Å². The highest BCUT2D eigenvalue weighted by molar-refractivity contribution is 6.77. The molecule has 1 aliphatic heterocycles. The van der Waals surface area contributed by atoms with Crippen LogP contribution in [-0.4, -0.2) is 32.0 Å². The lowest BCUT2D eigenvalue weighted by Crippen LogP contribution is -2.46. The van der Waals surface area contributed by atoms with Crippen LogP contribution in [0, 0.1) is 5.92 Å². The summed E-state index contributed by atoms with van der Waals surface area (Å²) < 4.78 is 0. The smallest absolute Gasteiger partial charge is 0.225 e. The maximum Gasteiger partial charge on any atom is 0.225 e. The van der Waals surface area contributed by atoms with Crippen molar-refractivity contribution in [3.8, 4) is 0 Å². The molecule has 0 bridgehead atoms. The van der Waals surface area contributed by atoms with Gasteiger partial charge in [-0.3, -0.25) is 4.79 Å². The van der Waals surface area contributed by atoms with Gasteiger partial charge in [0.15, 0.2) is 0 Å². The molecular formula is C10H21NOSi. The standard InChI is InChI=1S/C10H21NOSi/c1-9(2)10(12)11-5-7-13(3,4)8-6-11/h9H,5-8H2,1-4H3. The lowest BCUT2D eigenvalue weighted by atomic mass is 10.2. The van der Waals surface area contributed by atoms with E-state index in [1.807, 2.05) is 18.7 Å². The second-order valence-corrected chi connectivity index (χ2v) is 10.5. The molecule has 1 heterocycles. The van der Waals surface area contributed by atoms with Crippen LogP contribution < -0.4 is 0 Å². The molecular weight excluding hydrogens is 178 g/mol. The molecule has 0 aromatic heterocycles. The van der Waals surface area contributed by atoms with Gasteiger partial charge >= 0.3 is 0 Å². The first-order chi connectivity index (χ1) is 5.92. The van der Waals surface area contributed by atoms with Crippen molar-refractivity contribution in [3.63, 3.8) is 0 Å². The first kappa shape index (κ1) is 10.8. The summed E-state index contributed by atoms with van der Waals surface area (Å²) in [5, 5.41) is 0. The Kier molecular flexibility index (Phi) is 3.17. The number of carbonyl (C=O) groups excluding carboxylic acids is 1. The van der Waals surface area contributed by atoms with Crippen LogP contribution in [0.2, 0.25) is 25.2 Å². The number of hydrogen-bond acceptors (Lipinski definition) is 1. The van der Waals surface area contributed by atoms with Crippen LogP contribution in [0.3, 0.4) is 0 Å². The van der Waals surface area contributed by atoms with Gasteiger partial charge in [0.05, 0.1) is 8.07 Å². The molecule has 13 heavy (non-hydrogen) atoms. The molecule has 1 saturated heterocycles. The van der Waals surface area contributed by atoms with E-state index in [9.17, 15) is 4.79 Å². The molecule has 0 aromatic rings. The Morgan fingerprint density at radius 3 is 2.08 bits per heavy atom. The van der Waals surface area contributed by atoms with E-state index < -0.39 is 8.07 Å². The number of amides is 1. The largest absolute Gasteiger partial charge is 0.343 e. The van der Waals surface area contributed by atoms with Gasteiger partial charge in [0.25, 0.3) is 0 Å². The Balaban J connectivity index is 2.46. The Bertz CT molecular complexity index is 191. The normalized spacial score (nSPS) is 22.1. The molecule has 0 saturated carbocycles. The highest BCUT2D eigenvalue weighted by Gasteiger charge is 2.29. The second kappa shape index (κ2) is 3.82. The van der Waals surface area contributed by atoms with Crippen LogP contribution in [0.1, 0.15) is 13.8 Å². The van der Waals surface area contributed by atoms with Gasteiger partial charge in [-0.25, -0.2) is 0 Å². The summed E-state index contributed by atoms with van der Waals surface area (Å²) in [6.45, 7) is 10.8. The first-order valence-corrected chi connectivity index (χ1v) is 8.62. The van der Waals surface area contributed by atoms with Crippen molar-refractivity contribution in [3.05, 3.63) is 0 Å². The molecule has 2 nitrogen and oxygen atoms in total. The van der Waals surface area contributed by atoms with E-state index in [0.29, 0.717) is 5.91 Å². The van der Waals surface area contributed by atoms with Crippen molar-refractivity contribution in [2.45, 2.75) is 39.0 Å². The van der Waals surface area contributed by atoms with Crippen LogP contribution in [0.5, 0.6) is 0 Å². The highest BCUT2D eigenvalue weighted by atomic mass is 28.3. The summed E-state index contributed by atoms with van der Waals surface area (Å²) >= 11 is 0. The molecule has 1 fully saturated rings. The van der Waals surface area contributed by atoms with Gasteiger partial charge in [0.1, 0.15) is 0 Å². The van der Waals surface area contributed by atoms with Crippen molar-refractivity contribution in [2.75, 3.05) is 13.1 Å². The molecule has 0 atom stereocenters. The SMILES string of the molecule is CC(C)C(=O)N1CC[Si](C)(C)CC1. The maximum atomic E-state index is 11.7. The van der Waals surface area contributed by atoms with Crippen LogP contribution in [0.4, 0.5) is 0 Å². The summed E-state index contributed by atoms with van der Waals surface area (Å²) in [4.78, 5) is 13.7. The Labute approximate surface area is 82.3 Å². The summed E-state index contributed by atoms with van der Waals surface area (Å²) in [7, 11) is -0.907. The summed E-state index contributed by atoms with van der Waals surface area (Å²) in [6.07, 6.45) is 0. The molecule has 0 N–H and O–H groups in total. The molecule has 0 spiro atoms. The second-order valence-electron chi connectivity index (χ2n) is 5.14. The Morgan fingerprint density at radius 1 is 1.23 bits per heavy atom. The molecule has 0 unspecified atom stereocenters. The van der Waals surface area contributed by atoms with Crippen LogP contribution >= 0.6 is 0 Å². The minimum Gasteiger partial charge on any atom is -0.343 e. The number of carbonyl (C=O) groups is 1. The third kappa shape index (κ3) is 2.83. The number of hydrogen-bond donors (Lipinski definition) is 0. The lowest BCUT2D eigenvalue weighted by Gasteiger charge is -2.36. The fourth-order valence-corrected chi connectivity index (χ4v) is 3.70. The fourth-order valence-electron chi connectivity index (χ4n) is 1.70. The molecule has 1 rings (SSSR count). The van der Waals surface area contributed by atoms with E-state index in [-0.39, 0.29) is 5.92 Å². The van der Waals surface area contributed by atoms with E-state index >= 15 is 0 Å². The van der Waals surface area contributed by atoms with Gasteiger partial charge in [0, 0.05) is 19.0 Å². The van der Waals surface area contributed by atoms with E-state index in [2.05, 4.69) is 13.1 Å². The number of nitrogens with zero attached hydrogens (tertiary/aromatic N) is 1. The zero-order valence-electron chi connectivity index (χ0n) is 9.26. The van der Waals surface area contributed by atoms with Crippen molar-refractivity contribution in [1.82, 2.24) is 4.90 Å². The van der Waals surface area contributed by atoms with Gasteiger partial charge in [-0.1, -0.05) is 26.9 Å². The lowest BCUT2D eigenvalue weighted by molar-refractivity contribution is -0.134.